The zero-order valence-electron chi connectivity index (χ0n) is 9.38. The Hall–Kier alpha value is -1.49. The number of hydrogen-bond acceptors (Lipinski definition) is 2. The van der Waals surface area contributed by atoms with Crippen molar-refractivity contribution in [2.75, 3.05) is 5.73 Å². The number of aliphatic hydroxyl groups excluding tert-OH is 1. The van der Waals surface area contributed by atoms with Crippen molar-refractivity contribution in [1.29, 1.82) is 0 Å². The Kier molecular flexibility index (Phi) is 3.83. The minimum absolute atomic E-state index is 0.0859. The average Bonchev–Trinajstić information content (AvgIpc) is 2.15. The van der Waals surface area contributed by atoms with Crippen LogP contribution in [-0.2, 0) is 6.18 Å². The van der Waals surface area contributed by atoms with Crippen LogP contribution >= 0.6 is 0 Å². The van der Waals surface area contributed by atoms with E-state index in [2.05, 4.69) is 6.58 Å². The number of alkyl halides is 3. The molecule has 0 radical (unpaired) electrons. The van der Waals surface area contributed by atoms with Gasteiger partial charge in [-0.3, -0.25) is 0 Å². The molecule has 0 aliphatic carbocycles. The number of rotatable bonds is 3. The van der Waals surface area contributed by atoms with Gasteiger partial charge in [0.25, 0.3) is 0 Å². The largest absolute Gasteiger partial charge is 0.416 e. The SMILES string of the molecule is C=C(C)CC(O)c1cc(C(F)(F)F)ccc1N. The van der Waals surface area contributed by atoms with E-state index in [0.717, 1.165) is 18.2 Å². The number of nitrogen functional groups attached to an aromatic ring is 1. The second-order valence-electron chi connectivity index (χ2n) is 4.02. The molecular formula is C12H14F3NO. The van der Waals surface area contributed by atoms with Gasteiger partial charge in [-0.15, -0.1) is 6.58 Å². The lowest BCUT2D eigenvalue weighted by Gasteiger charge is -2.16. The zero-order valence-corrected chi connectivity index (χ0v) is 9.38. The van der Waals surface area contributed by atoms with Gasteiger partial charge in [-0.1, -0.05) is 5.57 Å². The Morgan fingerprint density at radius 2 is 2.06 bits per heavy atom. The van der Waals surface area contributed by atoms with Gasteiger partial charge in [0.1, 0.15) is 0 Å². The summed E-state index contributed by atoms with van der Waals surface area (Å²) in [6, 6.07) is 2.93. The molecule has 0 bridgehead atoms. The van der Waals surface area contributed by atoms with Gasteiger partial charge in [0.05, 0.1) is 11.7 Å². The van der Waals surface area contributed by atoms with Crippen LogP contribution in [0.25, 0.3) is 0 Å². The third-order valence-electron chi connectivity index (χ3n) is 2.31. The summed E-state index contributed by atoms with van der Waals surface area (Å²) in [5, 5.41) is 9.75. The normalized spacial score (nSPS) is 13.5. The molecule has 0 aliphatic heterocycles. The van der Waals surface area contributed by atoms with Gasteiger partial charge in [0.2, 0.25) is 0 Å². The van der Waals surface area contributed by atoms with Crippen molar-refractivity contribution in [1.82, 2.24) is 0 Å². The van der Waals surface area contributed by atoms with Crippen molar-refractivity contribution in [2.24, 2.45) is 0 Å². The second kappa shape index (κ2) is 4.79. The highest BCUT2D eigenvalue weighted by molar-refractivity contribution is 5.50. The molecule has 1 rings (SSSR count). The maximum absolute atomic E-state index is 12.5. The summed E-state index contributed by atoms with van der Waals surface area (Å²) in [5.41, 5.74) is 5.64. The van der Waals surface area contributed by atoms with E-state index in [9.17, 15) is 18.3 Å². The van der Waals surface area contributed by atoms with Gasteiger partial charge < -0.3 is 10.8 Å². The third-order valence-corrected chi connectivity index (χ3v) is 2.31. The smallest absolute Gasteiger partial charge is 0.398 e. The van der Waals surface area contributed by atoms with Gasteiger partial charge >= 0.3 is 6.18 Å². The van der Waals surface area contributed by atoms with Crippen molar-refractivity contribution >= 4 is 5.69 Å². The van der Waals surface area contributed by atoms with Gasteiger partial charge in [-0.2, -0.15) is 13.2 Å². The fraction of sp³-hybridized carbons (Fsp3) is 0.333. The van der Waals surface area contributed by atoms with E-state index < -0.39 is 17.8 Å². The Labute approximate surface area is 97.6 Å². The lowest BCUT2D eigenvalue weighted by atomic mass is 9.99. The molecule has 1 aromatic rings. The van der Waals surface area contributed by atoms with Crippen molar-refractivity contribution < 1.29 is 18.3 Å². The first-order valence-corrected chi connectivity index (χ1v) is 5.01. The van der Waals surface area contributed by atoms with E-state index in [-0.39, 0.29) is 17.7 Å². The average molecular weight is 245 g/mol. The fourth-order valence-corrected chi connectivity index (χ4v) is 1.48. The predicted octanol–water partition coefficient (Wildman–Crippen LogP) is 3.29. The number of aliphatic hydroxyl groups is 1. The Bertz CT molecular complexity index is 426. The Balaban J connectivity index is 3.10. The molecule has 0 saturated carbocycles. The molecule has 5 heteroatoms. The summed E-state index contributed by atoms with van der Waals surface area (Å²) < 4.78 is 37.5. The van der Waals surface area contributed by atoms with Crippen LogP contribution in [-0.4, -0.2) is 5.11 Å². The van der Waals surface area contributed by atoms with Crippen molar-refractivity contribution in [2.45, 2.75) is 25.6 Å². The molecule has 0 saturated heterocycles. The van der Waals surface area contributed by atoms with Crippen LogP contribution in [0.3, 0.4) is 0 Å². The van der Waals surface area contributed by atoms with E-state index in [1.165, 1.54) is 0 Å². The molecule has 0 spiro atoms. The van der Waals surface area contributed by atoms with Crippen LogP contribution in [0.4, 0.5) is 18.9 Å². The first-order chi connectivity index (χ1) is 7.71. The van der Waals surface area contributed by atoms with Gasteiger partial charge in [0, 0.05) is 11.3 Å². The summed E-state index contributed by atoms with van der Waals surface area (Å²) >= 11 is 0. The molecule has 0 amide bonds. The molecule has 94 valence electrons. The van der Waals surface area contributed by atoms with Crippen molar-refractivity contribution in [3.8, 4) is 0 Å². The number of halogens is 3. The third kappa shape index (κ3) is 3.49. The topological polar surface area (TPSA) is 46.2 Å². The molecule has 0 aromatic heterocycles. The highest BCUT2D eigenvalue weighted by Crippen LogP contribution is 2.34. The maximum atomic E-state index is 12.5. The van der Waals surface area contributed by atoms with Crippen LogP contribution < -0.4 is 5.73 Å². The molecule has 0 fully saturated rings. The van der Waals surface area contributed by atoms with E-state index in [1.54, 1.807) is 6.92 Å². The molecule has 2 nitrogen and oxygen atoms in total. The standard InChI is InChI=1S/C12H14F3NO/c1-7(2)5-11(17)9-6-8(12(13,14)15)3-4-10(9)16/h3-4,6,11,17H,1,5,16H2,2H3. The summed E-state index contributed by atoms with van der Waals surface area (Å²) in [5.74, 6) is 0. The predicted molar refractivity (Wildman–Crippen MR) is 60.2 cm³/mol. The molecule has 0 heterocycles. The first kappa shape index (κ1) is 13.6. The van der Waals surface area contributed by atoms with Crippen molar-refractivity contribution in [3.63, 3.8) is 0 Å². The monoisotopic (exact) mass is 245 g/mol. The summed E-state index contributed by atoms with van der Waals surface area (Å²) in [4.78, 5) is 0. The summed E-state index contributed by atoms with van der Waals surface area (Å²) in [6.07, 6.45) is -5.31. The number of hydrogen-bond donors (Lipinski definition) is 2. The molecule has 1 aromatic carbocycles. The number of nitrogens with two attached hydrogens (primary N) is 1. The van der Waals surface area contributed by atoms with Gasteiger partial charge in [-0.05, 0) is 31.5 Å². The van der Waals surface area contributed by atoms with Gasteiger partial charge in [0.15, 0.2) is 0 Å². The van der Waals surface area contributed by atoms with Crippen LogP contribution in [0.15, 0.2) is 30.4 Å². The molecule has 1 unspecified atom stereocenters. The quantitative estimate of drug-likeness (QED) is 0.634. The van der Waals surface area contributed by atoms with E-state index in [4.69, 9.17) is 5.73 Å². The molecule has 0 aliphatic rings. The minimum Gasteiger partial charge on any atom is -0.398 e. The zero-order chi connectivity index (χ0) is 13.2. The first-order valence-electron chi connectivity index (χ1n) is 5.01. The molecule has 17 heavy (non-hydrogen) atoms. The Morgan fingerprint density at radius 1 is 1.47 bits per heavy atom. The number of anilines is 1. The van der Waals surface area contributed by atoms with Gasteiger partial charge in [-0.25, -0.2) is 0 Å². The van der Waals surface area contributed by atoms with E-state index in [0.29, 0.717) is 5.57 Å². The van der Waals surface area contributed by atoms with Crippen molar-refractivity contribution in [3.05, 3.63) is 41.5 Å². The summed E-state index contributed by atoms with van der Waals surface area (Å²) in [6.45, 7) is 5.29. The van der Waals surface area contributed by atoms with Crippen LogP contribution in [0.1, 0.15) is 30.6 Å². The molecule has 1 atom stereocenters. The van der Waals surface area contributed by atoms with Crippen LogP contribution in [0.2, 0.25) is 0 Å². The fourth-order valence-electron chi connectivity index (χ4n) is 1.48. The number of benzene rings is 1. The van der Waals surface area contributed by atoms with E-state index >= 15 is 0 Å². The second-order valence-corrected chi connectivity index (χ2v) is 4.02. The van der Waals surface area contributed by atoms with Crippen LogP contribution in [0, 0.1) is 0 Å². The summed E-state index contributed by atoms with van der Waals surface area (Å²) in [7, 11) is 0. The maximum Gasteiger partial charge on any atom is 0.416 e. The molecule has 3 N–H and O–H groups in total. The minimum atomic E-state index is -4.44. The van der Waals surface area contributed by atoms with Crippen LogP contribution in [0.5, 0.6) is 0 Å². The molecular weight excluding hydrogens is 231 g/mol. The highest BCUT2D eigenvalue weighted by Gasteiger charge is 2.31. The lowest BCUT2D eigenvalue weighted by molar-refractivity contribution is -0.137. The van der Waals surface area contributed by atoms with E-state index in [1.807, 2.05) is 0 Å². The Morgan fingerprint density at radius 3 is 2.53 bits per heavy atom. The lowest BCUT2D eigenvalue weighted by Crippen LogP contribution is -2.09. The highest BCUT2D eigenvalue weighted by atomic mass is 19.4.